The topological polar surface area (TPSA) is 26.3 Å². The van der Waals surface area contributed by atoms with E-state index < -0.39 is 0 Å². The number of ether oxygens (including phenoxy) is 1. The van der Waals surface area contributed by atoms with E-state index in [4.69, 9.17) is 4.74 Å². The molecule has 1 atom stereocenters. The number of carbonyl (C=O) groups is 1. The molecule has 2 nitrogen and oxygen atoms in total. The molecule has 0 N–H and O–H groups in total. The molecule has 0 bridgehead atoms. The Labute approximate surface area is 99.1 Å². The van der Waals surface area contributed by atoms with Crippen molar-refractivity contribution < 1.29 is 9.53 Å². The monoisotopic (exact) mass is 224 g/mol. The van der Waals surface area contributed by atoms with Crippen LogP contribution in [-0.2, 0) is 9.53 Å². The molecule has 1 fully saturated rings. The minimum Gasteiger partial charge on any atom is -0.465 e. The number of esters is 1. The fourth-order valence-electron chi connectivity index (χ4n) is 1.60. The molecule has 0 aromatic heterocycles. The van der Waals surface area contributed by atoms with E-state index in [1.807, 2.05) is 0 Å². The smallest absolute Gasteiger partial charge is 0.306 e. The van der Waals surface area contributed by atoms with Gasteiger partial charge in [0.2, 0.25) is 0 Å². The highest BCUT2D eigenvalue weighted by atomic mass is 16.5. The summed E-state index contributed by atoms with van der Waals surface area (Å²) in [6.45, 7) is 6.99. The van der Waals surface area contributed by atoms with Gasteiger partial charge in [0.1, 0.15) is 0 Å². The summed E-state index contributed by atoms with van der Waals surface area (Å²) in [6.07, 6.45) is 7.42. The lowest BCUT2D eigenvalue weighted by atomic mass is 10.0. The molecule has 92 valence electrons. The highest BCUT2D eigenvalue weighted by Gasteiger charge is 2.23. The van der Waals surface area contributed by atoms with Crippen LogP contribution in [0.15, 0.2) is 11.6 Å². The van der Waals surface area contributed by atoms with Gasteiger partial charge in [0.15, 0.2) is 0 Å². The van der Waals surface area contributed by atoms with Crippen LogP contribution in [0, 0.1) is 11.8 Å². The molecule has 0 aromatic rings. The van der Waals surface area contributed by atoms with Crippen molar-refractivity contribution in [3.63, 3.8) is 0 Å². The Morgan fingerprint density at radius 3 is 2.69 bits per heavy atom. The van der Waals surface area contributed by atoms with Gasteiger partial charge >= 0.3 is 5.97 Å². The Morgan fingerprint density at radius 2 is 2.12 bits per heavy atom. The summed E-state index contributed by atoms with van der Waals surface area (Å²) in [4.78, 5) is 11.4. The van der Waals surface area contributed by atoms with Crippen molar-refractivity contribution in [2.45, 2.75) is 52.9 Å². The molecule has 1 saturated carbocycles. The molecule has 0 aliphatic heterocycles. The largest absolute Gasteiger partial charge is 0.465 e. The lowest BCUT2D eigenvalue weighted by Gasteiger charge is -2.09. The van der Waals surface area contributed by atoms with E-state index in [0.717, 1.165) is 12.8 Å². The van der Waals surface area contributed by atoms with Crippen molar-refractivity contribution >= 4 is 5.97 Å². The van der Waals surface area contributed by atoms with E-state index in [0.29, 0.717) is 24.9 Å². The van der Waals surface area contributed by atoms with Gasteiger partial charge in [0.05, 0.1) is 6.61 Å². The predicted octanol–water partition coefficient (Wildman–Crippen LogP) is 3.71. The second-order valence-electron chi connectivity index (χ2n) is 5.29. The quantitative estimate of drug-likeness (QED) is 0.486. The van der Waals surface area contributed by atoms with E-state index in [1.54, 1.807) is 0 Å². The first-order valence-corrected chi connectivity index (χ1v) is 6.37. The van der Waals surface area contributed by atoms with Crippen molar-refractivity contribution in [1.82, 2.24) is 0 Å². The molecular formula is C14H24O2. The first-order chi connectivity index (χ1) is 7.58. The van der Waals surface area contributed by atoms with Crippen LogP contribution in [0.5, 0.6) is 0 Å². The fraction of sp³-hybridized carbons (Fsp3) is 0.786. The molecule has 16 heavy (non-hydrogen) atoms. The highest BCUT2D eigenvalue weighted by molar-refractivity contribution is 5.69. The standard InChI is InChI=1S/C14H24O2/c1-11(2)5-4-6-12(3)9-14(15)16-10-13-7-8-13/h5,12-13H,4,6-10H2,1-3H3. The molecular weight excluding hydrogens is 200 g/mol. The second-order valence-corrected chi connectivity index (χ2v) is 5.29. The van der Waals surface area contributed by atoms with Crippen LogP contribution < -0.4 is 0 Å². The van der Waals surface area contributed by atoms with Crippen molar-refractivity contribution in [2.75, 3.05) is 6.61 Å². The molecule has 0 radical (unpaired) electrons. The Hall–Kier alpha value is -0.790. The van der Waals surface area contributed by atoms with Crippen LogP contribution >= 0.6 is 0 Å². The van der Waals surface area contributed by atoms with Gasteiger partial charge in [-0.3, -0.25) is 4.79 Å². The third kappa shape index (κ3) is 6.65. The summed E-state index contributed by atoms with van der Waals surface area (Å²) in [7, 11) is 0. The molecule has 1 unspecified atom stereocenters. The number of allylic oxidation sites excluding steroid dienone is 2. The average Bonchev–Trinajstić information content (AvgIpc) is 2.97. The molecule has 2 heteroatoms. The zero-order valence-corrected chi connectivity index (χ0v) is 10.8. The first-order valence-electron chi connectivity index (χ1n) is 6.37. The van der Waals surface area contributed by atoms with E-state index in [2.05, 4.69) is 26.8 Å². The molecule has 1 aliphatic rings. The van der Waals surface area contributed by atoms with E-state index in [9.17, 15) is 4.79 Å². The molecule has 0 aromatic carbocycles. The van der Waals surface area contributed by atoms with Crippen LogP contribution in [0.4, 0.5) is 0 Å². The molecule has 0 heterocycles. The number of carbonyl (C=O) groups excluding carboxylic acids is 1. The van der Waals surface area contributed by atoms with Crippen molar-refractivity contribution in [1.29, 1.82) is 0 Å². The maximum atomic E-state index is 11.4. The van der Waals surface area contributed by atoms with Gasteiger partial charge in [-0.05, 0) is 51.4 Å². The van der Waals surface area contributed by atoms with Crippen LogP contribution in [-0.4, -0.2) is 12.6 Å². The van der Waals surface area contributed by atoms with Crippen LogP contribution in [0.25, 0.3) is 0 Å². The second kappa shape index (κ2) is 6.72. The van der Waals surface area contributed by atoms with E-state index in [1.165, 1.54) is 18.4 Å². The van der Waals surface area contributed by atoms with E-state index in [-0.39, 0.29) is 5.97 Å². The normalized spacial score (nSPS) is 16.7. The number of hydrogen-bond donors (Lipinski definition) is 0. The Morgan fingerprint density at radius 1 is 1.44 bits per heavy atom. The van der Waals surface area contributed by atoms with Crippen molar-refractivity contribution in [2.24, 2.45) is 11.8 Å². The van der Waals surface area contributed by atoms with Gasteiger partial charge in [-0.1, -0.05) is 18.6 Å². The number of hydrogen-bond acceptors (Lipinski definition) is 2. The van der Waals surface area contributed by atoms with Gasteiger partial charge in [0, 0.05) is 6.42 Å². The van der Waals surface area contributed by atoms with Gasteiger partial charge in [-0.25, -0.2) is 0 Å². The molecule has 1 aliphatic carbocycles. The molecule has 0 saturated heterocycles. The van der Waals surface area contributed by atoms with Gasteiger partial charge in [-0.15, -0.1) is 0 Å². The van der Waals surface area contributed by atoms with Gasteiger partial charge in [-0.2, -0.15) is 0 Å². The minimum absolute atomic E-state index is 0.0170. The maximum Gasteiger partial charge on any atom is 0.306 e. The highest BCUT2D eigenvalue weighted by Crippen LogP contribution is 2.29. The minimum atomic E-state index is -0.0170. The zero-order valence-electron chi connectivity index (χ0n) is 10.8. The average molecular weight is 224 g/mol. The van der Waals surface area contributed by atoms with Crippen molar-refractivity contribution in [3.05, 3.63) is 11.6 Å². The molecule has 1 rings (SSSR count). The van der Waals surface area contributed by atoms with Gasteiger partial charge < -0.3 is 4.74 Å². The summed E-state index contributed by atoms with van der Waals surface area (Å²) in [5.41, 5.74) is 1.35. The van der Waals surface area contributed by atoms with Gasteiger partial charge in [0.25, 0.3) is 0 Å². The summed E-state index contributed by atoms with van der Waals surface area (Å²) >= 11 is 0. The van der Waals surface area contributed by atoms with Crippen molar-refractivity contribution in [3.8, 4) is 0 Å². The van der Waals surface area contributed by atoms with Crippen LogP contribution in [0.1, 0.15) is 52.9 Å². The lowest BCUT2D eigenvalue weighted by molar-refractivity contribution is -0.145. The van der Waals surface area contributed by atoms with Crippen LogP contribution in [0.3, 0.4) is 0 Å². The summed E-state index contributed by atoms with van der Waals surface area (Å²) in [6, 6.07) is 0. The third-order valence-electron chi connectivity index (χ3n) is 2.90. The third-order valence-corrected chi connectivity index (χ3v) is 2.90. The van der Waals surface area contributed by atoms with E-state index >= 15 is 0 Å². The van der Waals surface area contributed by atoms with Crippen LogP contribution in [0.2, 0.25) is 0 Å². The fourth-order valence-corrected chi connectivity index (χ4v) is 1.60. The zero-order chi connectivity index (χ0) is 12.0. The summed E-state index contributed by atoms with van der Waals surface area (Å²) in [5.74, 6) is 1.09. The SMILES string of the molecule is CC(C)=CCCC(C)CC(=O)OCC1CC1. The summed E-state index contributed by atoms with van der Waals surface area (Å²) in [5, 5.41) is 0. The first kappa shape index (κ1) is 13.3. The molecule has 0 spiro atoms. The predicted molar refractivity (Wildman–Crippen MR) is 66.1 cm³/mol. The Balaban J connectivity index is 2.04. The maximum absolute atomic E-state index is 11.4. The summed E-state index contributed by atoms with van der Waals surface area (Å²) < 4.78 is 5.21. The molecule has 0 amide bonds. The lowest BCUT2D eigenvalue weighted by Crippen LogP contribution is -2.11. The Kier molecular flexibility index (Phi) is 5.58. The Bertz CT molecular complexity index is 247. The number of rotatable bonds is 7.